The molecule has 0 saturated heterocycles. The van der Waals surface area contributed by atoms with Gasteiger partial charge in [0.1, 0.15) is 5.65 Å². The molecule has 0 saturated carbocycles. The van der Waals surface area contributed by atoms with Gasteiger partial charge >= 0.3 is 0 Å². The van der Waals surface area contributed by atoms with Crippen molar-refractivity contribution in [2.45, 2.75) is 47.0 Å². The number of aromatic amines is 1. The van der Waals surface area contributed by atoms with E-state index in [4.69, 9.17) is 0 Å². The summed E-state index contributed by atoms with van der Waals surface area (Å²) in [5.74, 6) is 0.541. The van der Waals surface area contributed by atoms with Crippen molar-refractivity contribution in [3.63, 3.8) is 0 Å². The summed E-state index contributed by atoms with van der Waals surface area (Å²) < 4.78 is 0. The van der Waals surface area contributed by atoms with Crippen molar-refractivity contribution in [1.82, 2.24) is 9.97 Å². The number of hydrogen-bond donors (Lipinski definition) is 1. The van der Waals surface area contributed by atoms with Crippen LogP contribution < -0.4 is 0 Å². The van der Waals surface area contributed by atoms with E-state index in [1.54, 1.807) is 0 Å². The Balaban J connectivity index is 0.000000606. The average Bonchev–Trinajstić information content (AvgIpc) is 2.70. The number of H-pyrrole nitrogens is 1. The molecule has 0 bridgehead atoms. The molecule has 0 fully saturated rings. The van der Waals surface area contributed by atoms with Gasteiger partial charge in [-0.05, 0) is 30.0 Å². The monoisotopic (exact) mass is 218 g/mol. The van der Waals surface area contributed by atoms with Gasteiger partial charge in [0.25, 0.3) is 0 Å². The summed E-state index contributed by atoms with van der Waals surface area (Å²) >= 11 is 0. The second-order valence-electron chi connectivity index (χ2n) is 3.93. The van der Waals surface area contributed by atoms with Crippen LogP contribution in [-0.2, 0) is 6.42 Å². The smallest absolute Gasteiger partial charge is 0.137 e. The maximum Gasteiger partial charge on any atom is 0.137 e. The van der Waals surface area contributed by atoms with Gasteiger partial charge < -0.3 is 4.98 Å². The van der Waals surface area contributed by atoms with E-state index in [1.807, 2.05) is 26.1 Å². The van der Waals surface area contributed by atoms with Gasteiger partial charge in [-0.15, -0.1) is 0 Å². The summed E-state index contributed by atoms with van der Waals surface area (Å²) in [6.45, 7) is 10.6. The molecule has 2 aromatic heterocycles. The SMILES string of the molecule is CC.CCc1c(C(C)C)[nH]c2ncccc12. The fourth-order valence-corrected chi connectivity index (χ4v) is 1.97. The first kappa shape index (κ1) is 12.8. The zero-order valence-electron chi connectivity index (χ0n) is 11.0. The highest BCUT2D eigenvalue weighted by Crippen LogP contribution is 2.26. The Bertz CT molecular complexity index is 441. The van der Waals surface area contributed by atoms with Gasteiger partial charge in [-0.25, -0.2) is 4.98 Å². The van der Waals surface area contributed by atoms with E-state index in [0.29, 0.717) is 5.92 Å². The fraction of sp³-hybridized carbons (Fsp3) is 0.500. The highest BCUT2D eigenvalue weighted by molar-refractivity contribution is 5.81. The predicted octanol–water partition coefficient (Wildman–Crippen LogP) is 4.27. The first-order chi connectivity index (χ1) is 7.74. The summed E-state index contributed by atoms with van der Waals surface area (Å²) in [4.78, 5) is 7.74. The molecule has 2 heteroatoms. The Hall–Kier alpha value is -1.31. The standard InChI is InChI=1S/C12H16N2.C2H6/c1-4-9-10-6-5-7-13-12(10)14-11(9)8(2)3;1-2/h5-8H,4H2,1-3H3,(H,13,14);1-2H3. The third kappa shape index (κ3) is 2.26. The van der Waals surface area contributed by atoms with Crippen LogP contribution in [-0.4, -0.2) is 9.97 Å². The lowest BCUT2D eigenvalue weighted by atomic mass is 10.0. The molecule has 0 spiro atoms. The van der Waals surface area contributed by atoms with Crippen molar-refractivity contribution in [1.29, 1.82) is 0 Å². The molecule has 0 radical (unpaired) electrons. The molecular weight excluding hydrogens is 196 g/mol. The minimum atomic E-state index is 0.541. The highest BCUT2D eigenvalue weighted by atomic mass is 14.9. The first-order valence-electron chi connectivity index (χ1n) is 6.19. The maximum atomic E-state index is 4.34. The molecule has 0 atom stereocenters. The molecule has 1 N–H and O–H groups in total. The predicted molar refractivity (Wildman–Crippen MR) is 70.9 cm³/mol. The van der Waals surface area contributed by atoms with E-state index in [2.05, 4.69) is 36.8 Å². The largest absolute Gasteiger partial charge is 0.343 e. The highest BCUT2D eigenvalue weighted by Gasteiger charge is 2.12. The van der Waals surface area contributed by atoms with E-state index < -0.39 is 0 Å². The van der Waals surface area contributed by atoms with E-state index in [0.717, 1.165) is 12.1 Å². The lowest BCUT2D eigenvalue weighted by Crippen LogP contribution is -1.92. The van der Waals surface area contributed by atoms with Crippen LogP contribution in [0, 0.1) is 0 Å². The summed E-state index contributed by atoms with van der Waals surface area (Å²) in [6, 6.07) is 4.14. The van der Waals surface area contributed by atoms with Gasteiger partial charge in [0.05, 0.1) is 0 Å². The topological polar surface area (TPSA) is 28.7 Å². The van der Waals surface area contributed by atoms with Gasteiger partial charge in [-0.1, -0.05) is 34.6 Å². The summed E-state index contributed by atoms with van der Waals surface area (Å²) in [7, 11) is 0. The molecule has 0 aliphatic heterocycles. The minimum absolute atomic E-state index is 0.541. The molecule has 0 aliphatic rings. The number of fused-ring (bicyclic) bond motifs is 1. The summed E-state index contributed by atoms with van der Waals surface area (Å²) in [5, 5.41) is 1.28. The summed E-state index contributed by atoms with van der Waals surface area (Å²) in [5.41, 5.74) is 3.78. The Morgan fingerprint density at radius 1 is 1.31 bits per heavy atom. The second kappa shape index (κ2) is 5.69. The molecule has 2 heterocycles. The Kier molecular flexibility index (Phi) is 4.53. The first-order valence-corrected chi connectivity index (χ1v) is 6.19. The van der Waals surface area contributed by atoms with E-state index in [9.17, 15) is 0 Å². The molecule has 0 unspecified atom stereocenters. The van der Waals surface area contributed by atoms with Gasteiger partial charge in [-0.3, -0.25) is 0 Å². The van der Waals surface area contributed by atoms with Crippen LogP contribution >= 0.6 is 0 Å². The molecule has 0 aliphatic carbocycles. The van der Waals surface area contributed by atoms with Crippen molar-refractivity contribution in [3.05, 3.63) is 29.6 Å². The molecule has 0 amide bonds. The molecule has 0 aromatic carbocycles. The molecule has 2 aromatic rings. The van der Waals surface area contributed by atoms with Crippen LogP contribution in [0.2, 0.25) is 0 Å². The molecule has 88 valence electrons. The minimum Gasteiger partial charge on any atom is -0.343 e. The fourth-order valence-electron chi connectivity index (χ4n) is 1.97. The number of nitrogens with zero attached hydrogens (tertiary/aromatic N) is 1. The van der Waals surface area contributed by atoms with Crippen molar-refractivity contribution < 1.29 is 0 Å². The lowest BCUT2D eigenvalue weighted by molar-refractivity contribution is 0.817. The van der Waals surface area contributed by atoms with Crippen LogP contribution in [0.5, 0.6) is 0 Å². The zero-order chi connectivity index (χ0) is 12.1. The number of rotatable bonds is 2. The van der Waals surface area contributed by atoms with Gasteiger partial charge in [0.15, 0.2) is 0 Å². The average molecular weight is 218 g/mol. The van der Waals surface area contributed by atoms with Crippen molar-refractivity contribution >= 4 is 11.0 Å². The second-order valence-corrected chi connectivity index (χ2v) is 3.93. The Morgan fingerprint density at radius 3 is 2.56 bits per heavy atom. The van der Waals surface area contributed by atoms with Crippen molar-refractivity contribution in [3.8, 4) is 0 Å². The molecule has 2 rings (SSSR count). The van der Waals surface area contributed by atoms with E-state index in [1.165, 1.54) is 16.6 Å². The van der Waals surface area contributed by atoms with Crippen LogP contribution in [0.25, 0.3) is 11.0 Å². The Labute approximate surface area is 98.1 Å². The quantitative estimate of drug-likeness (QED) is 0.801. The number of aromatic nitrogens is 2. The molecule has 16 heavy (non-hydrogen) atoms. The van der Waals surface area contributed by atoms with Crippen LogP contribution in [0.3, 0.4) is 0 Å². The van der Waals surface area contributed by atoms with Crippen LogP contribution in [0.1, 0.15) is 51.8 Å². The maximum absolute atomic E-state index is 4.34. The van der Waals surface area contributed by atoms with Crippen LogP contribution in [0.4, 0.5) is 0 Å². The van der Waals surface area contributed by atoms with Gasteiger partial charge in [0, 0.05) is 17.3 Å². The van der Waals surface area contributed by atoms with Crippen molar-refractivity contribution in [2.24, 2.45) is 0 Å². The number of nitrogens with one attached hydrogen (secondary N) is 1. The number of aryl methyl sites for hydroxylation is 1. The third-order valence-electron chi connectivity index (χ3n) is 2.64. The Morgan fingerprint density at radius 2 is 2.00 bits per heavy atom. The van der Waals surface area contributed by atoms with E-state index in [-0.39, 0.29) is 0 Å². The summed E-state index contributed by atoms with van der Waals surface area (Å²) in [6.07, 6.45) is 2.90. The van der Waals surface area contributed by atoms with Crippen molar-refractivity contribution in [2.75, 3.05) is 0 Å². The third-order valence-corrected chi connectivity index (χ3v) is 2.64. The van der Waals surface area contributed by atoms with E-state index >= 15 is 0 Å². The van der Waals surface area contributed by atoms with Gasteiger partial charge in [-0.2, -0.15) is 0 Å². The van der Waals surface area contributed by atoms with Crippen LogP contribution in [0.15, 0.2) is 18.3 Å². The lowest BCUT2D eigenvalue weighted by Gasteiger charge is -2.04. The molecule has 2 nitrogen and oxygen atoms in total. The number of hydrogen-bond acceptors (Lipinski definition) is 1. The number of pyridine rings is 1. The normalized spacial score (nSPS) is 10.4. The zero-order valence-corrected chi connectivity index (χ0v) is 11.0. The molecular formula is C14H22N2. The van der Waals surface area contributed by atoms with Gasteiger partial charge in [0.2, 0.25) is 0 Å².